The maximum Gasteiger partial charge on any atom is 0.326 e. The smallest absolute Gasteiger partial charge is 0.326 e. The number of aliphatic imine (C=N–C) groups is 1. The second-order valence-electron chi connectivity index (χ2n) is 20.9. The molecule has 460 valence electrons. The van der Waals surface area contributed by atoms with E-state index in [2.05, 4.69) is 52.2 Å². The first kappa shape index (κ1) is 68.9. The topological polar surface area (TPSA) is 501 Å². The van der Waals surface area contributed by atoms with Gasteiger partial charge in [0.2, 0.25) is 47.3 Å². The van der Waals surface area contributed by atoms with Crippen LogP contribution in [0.2, 0.25) is 0 Å². The number of carboxylic acids is 3. The van der Waals surface area contributed by atoms with Crippen molar-refractivity contribution in [3.63, 3.8) is 0 Å². The number of benzene rings is 1. The molecule has 10 atom stereocenters. The number of carbonyl (C=O) groups excluding carboxylic acids is 8. The average molecular weight is 1170 g/mol. The lowest BCUT2D eigenvalue weighted by molar-refractivity contribution is -0.143. The van der Waals surface area contributed by atoms with Crippen molar-refractivity contribution in [2.45, 2.75) is 172 Å². The van der Waals surface area contributed by atoms with Crippen LogP contribution in [0.5, 0.6) is 5.75 Å². The van der Waals surface area contributed by atoms with Crippen LogP contribution in [0.25, 0.3) is 0 Å². The number of H-pyrrole nitrogens is 1. The summed E-state index contributed by atoms with van der Waals surface area (Å²) in [5.41, 5.74) is 23.3. The molecule has 1 saturated heterocycles. The molecule has 10 unspecified atom stereocenters. The van der Waals surface area contributed by atoms with E-state index in [1.54, 1.807) is 27.7 Å². The van der Waals surface area contributed by atoms with Crippen LogP contribution >= 0.6 is 0 Å². The molecule has 1 aromatic carbocycles. The van der Waals surface area contributed by atoms with Crippen LogP contribution < -0.4 is 60.2 Å². The monoisotopic (exact) mass is 1170 g/mol. The Bertz CT molecular complexity index is 2550. The number of nitrogens with zero attached hydrogens (tertiary/aromatic N) is 3. The van der Waals surface area contributed by atoms with E-state index in [1.165, 1.54) is 41.7 Å². The number of phenolic OH excluding ortho intramolecular Hbond substituents is 1. The number of aromatic amines is 1. The summed E-state index contributed by atoms with van der Waals surface area (Å²) in [5.74, 6) is -12.0. The number of imidazole rings is 1. The van der Waals surface area contributed by atoms with Gasteiger partial charge in [0.25, 0.3) is 0 Å². The van der Waals surface area contributed by atoms with Gasteiger partial charge in [-0.2, -0.15) is 0 Å². The highest BCUT2D eigenvalue weighted by Crippen LogP contribution is 2.22. The number of aromatic hydroxyl groups is 1. The Morgan fingerprint density at radius 1 is 0.711 bits per heavy atom. The second kappa shape index (κ2) is 34.8. The SMILES string of the molecule is CCC(C)C(NC(=O)C(Cc1ccc(O)cc1)NC(=O)C1CCCN1C(=O)C(CCCN=C(N)N)NC(=O)C(CCCCN)NC(=O)C(N)CC(=O)O)C(=O)NC(CC(C)C)C(=O)NC(Cc1cnc[nH]1)C(=O)NC(CCC(=O)O)C(=O)O. The van der Waals surface area contributed by atoms with Crippen LogP contribution in [0.3, 0.4) is 0 Å². The largest absolute Gasteiger partial charge is 0.508 e. The predicted octanol–water partition coefficient (Wildman–Crippen LogP) is -2.69. The normalized spacial score (nSPS) is 16.2. The maximum atomic E-state index is 14.7. The maximum absolute atomic E-state index is 14.7. The molecule has 2 heterocycles. The molecule has 30 heteroatoms. The molecule has 1 aliphatic rings. The van der Waals surface area contributed by atoms with Gasteiger partial charge in [0, 0.05) is 44.2 Å². The number of guanidine groups is 1. The summed E-state index contributed by atoms with van der Waals surface area (Å²) in [6, 6.07) is -6.75. The van der Waals surface area contributed by atoms with Gasteiger partial charge in [-0.25, -0.2) is 9.78 Å². The molecule has 83 heavy (non-hydrogen) atoms. The molecule has 3 rings (SSSR count). The number of amides is 8. The van der Waals surface area contributed by atoms with E-state index in [-0.39, 0.29) is 82.2 Å². The molecule has 20 N–H and O–H groups in total. The molecule has 1 aliphatic heterocycles. The molecule has 1 fully saturated rings. The van der Waals surface area contributed by atoms with Gasteiger partial charge in [0.1, 0.15) is 54.1 Å². The average Bonchev–Trinajstić information content (AvgIpc) is 4.33. The van der Waals surface area contributed by atoms with Gasteiger partial charge in [0.05, 0.1) is 18.8 Å². The summed E-state index contributed by atoms with van der Waals surface area (Å²) < 4.78 is 0. The van der Waals surface area contributed by atoms with Crippen molar-refractivity contribution >= 4 is 71.1 Å². The fourth-order valence-electron chi connectivity index (χ4n) is 9.02. The van der Waals surface area contributed by atoms with Crippen LogP contribution in [0.1, 0.15) is 116 Å². The predicted molar refractivity (Wildman–Crippen MR) is 299 cm³/mol. The van der Waals surface area contributed by atoms with E-state index in [0.717, 1.165) is 0 Å². The Balaban J connectivity index is 1.96. The fraction of sp³-hybridized carbons (Fsp3) is 0.604. The van der Waals surface area contributed by atoms with Crippen molar-refractivity contribution < 1.29 is 73.2 Å². The lowest BCUT2D eigenvalue weighted by Gasteiger charge is -2.32. The number of carboxylic acid groups (broad SMARTS) is 3. The molecule has 1 aromatic heterocycles. The van der Waals surface area contributed by atoms with E-state index < -0.39 is 145 Å². The fourth-order valence-corrected chi connectivity index (χ4v) is 9.02. The molecular weight excluding hydrogens is 1090 g/mol. The van der Waals surface area contributed by atoms with Gasteiger partial charge < -0.3 is 90.5 Å². The van der Waals surface area contributed by atoms with Gasteiger partial charge >= 0.3 is 17.9 Å². The van der Waals surface area contributed by atoms with Gasteiger partial charge in [0.15, 0.2) is 5.96 Å². The van der Waals surface area contributed by atoms with Crippen LogP contribution in [0.4, 0.5) is 0 Å². The molecule has 0 aliphatic carbocycles. The summed E-state index contributed by atoms with van der Waals surface area (Å²) in [5, 5.41) is 56.4. The Labute approximate surface area is 480 Å². The van der Waals surface area contributed by atoms with Crippen molar-refractivity contribution in [3.8, 4) is 5.75 Å². The number of hydrogen-bond donors (Lipinski definition) is 16. The van der Waals surface area contributed by atoms with Crippen molar-refractivity contribution in [3.05, 3.63) is 48.0 Å². The Kier molecular flexibility index (Phi) is 28.9. The standard InChI is InChI=1S/C53H83N15O15/c1-5-29(4)43(50(80)66-37(22-28(2)3)46(76)64-39(24-31-26-58-27-60-31)47(77)63-36(52(82)83)17-18-41(70)71)67-48(78)38(23-30-13-15-32(69)16-14-30)65-49(79)40-12-9-21-68(40)51(81)35(11-8-20-59-53(56)57)62-45(75)34(10-6-7-19-54)61-44(74)33(55)25-42(72)73/h13-16,26-29,33-40,43,69H,5-12,17-25,54-55H2,1-4H3,(H,58,60)(H,61,74)(H,62,75)(H,63,77)(H,64,76)(H,65,79)(H,66,80)(H,67,78)(H,70,71)(H,72,73)(H,82,83)(H4,56,57,59). The van der Waals surface area contributed by atoms with E-state index >= 15 is 0 Å². The zero-order valence-corrected chi connectivity index (χ0v) is 47.3. The number of hydrogen-bond acceptors (Lipinski definition) is 16. The highest BCUT2D eigenvalue weighted by molar-refractivity contribution is 5.98. The van der Waals surface area contributed by atoms with Gasteiger partial charge in [-0.1, -0.05) is 46.2 Å². The van der Waals surface area contributed by atoms with Crippen molar-refractivity contribution in [1.29, 1.82) is 0 Å². The molecular formula is C53H83N15O15. The summed E-state index contributed by atoms with van der Waals surface area (Å²) in [6.07, 6.45) is 2.24. The zero-order valence-electron chi connectivity index (χ0n) is 47.3. The number of carbonyl (C=O) groups is 11. The minimum Gasteiger partial charge on any atom is -0.508 e. The highest BCUT2D eigenvalue weighted by Gasteiger charge is 2.41. The molecule has 0 radical (unpaired) electrons. The lowest BCUT2D eigenvalue weighted by atomic mass is 9.95. The first-order chi connectivity index (χ1) is 39.2. The molecule has 30 nitrogen and oxygen atoms in total. The third-order valence-electron chi connectivity index (χ3n) is 13.7. The van der Waals surface area contributed by atoms with Gasteiger partial charge in [-0.05, 0) is 93.9 Å². The van der Waals surface area contributed by atoms with Crippen molar-refractivity contribution in [1.82, 2.24) is 52.1 Å². The lowest BCUT2D eigenvalue weighted by Crippen LogP contribution is -2.61. The Morgan fingerprint density at radius 2 is 1.30 bits per heavy atom. The van der Waals surface area contributed by atoms with Crippen LogP contribution in [0.15, 0.2) is 41.8 Å². The van der Waals surface area contributed by atoms with Crippen LogP contribution in [0, 0.1) is 11.8 Å². The van der Waals surface area contributed by atoms with Crippen molar-refractivity contribution in [2.24, 2.45) is 39.8 Å². The van der Waals surface area contributed by atoms with Gasteiger partial charge in [-0.15, -0.1) is 0 Å². The van der Waals surface area contributed by atoms with E-state index in [4.69, 9.17) is 28.0 Å². The number of unbranched alkanes of at least 4 members (excludes halogenated alkanes) is 1. The first-order valence-corrected chi connectivity index (χ1v) is 27.6. The number of nitrogens with one attached hydrogen (secondary N) is 8. The molecule has 0 saturated carbocycles. The van der Waals surface area contributed by atoms with E-state index in [0.29, 0.717) is 36.9 Å². The van der Waals surface area contributed by atoms with Gasteiger partial charge in [-0.3, -0.25) is 52.9 Å². The summed E-state index contributed by atoms with van der Waals surface area (Å²) in [4.78, 5) is 160. The minimum absolute atomic E-state index is 0.0136. The highest BCUT2D eigenvalue weighted by atomic mass is 16.4. The zero-order chi connectivity index (χ0) is 61.9. The van der Waals surface area contributed by atoms with Crippen molar-refractivity contribution in [2.75, 3.05) is 19.6 Å². The molecule has 0 bridgehead atoms. The number of rotatable bonds is 37. The Morgan fingerprint density at radius 3 is 1.89 bits per heavy atom. The summed E-state index contributed by atoms with van der Waals surface area (Å²) in [6.45, 7) is 7.30. The Hall–Kier alpha value is -8.41. The summed E-state index contributed by atoms with van der Waals surface area (Å²) >= 11 is 0. The first-order valence-electron chi connectivity index (χ1n) is 27.6. The third kappa shape index (κ3) is 23.9. The van der Waals surface area contributed by atoms with Crippen LogP contribution in [-0.4, -0.2) is 180 Å². The van der Waals surface area contributed by atoms with Crippen LogP contribution in [-0.2, 0) is 65.6 Å². The number of aromatic nitrogens is 2. The van der Waals surface area contributed by atoms with E-state index in [9.17, 15) is 68.1 Å². The molecule has 2 aromatic rings. The number of nitrogens with two attached hydrogens (primary N) is 4. The van der Waals surface area contributed by atoms with E-state index in [1.807, 2.05) is 0 Å². The second-order valence-corrected chi connectivity index (χ2v) is 20.9. The molecule has 0 spiro atoms. The quantitative estimate of drug-likeness (QED) is 0.0186. The number of phenols is 1. The minimum atomic E-state index is -1.63. The number of aliphatic carboxylic acids is 3. The molecule has 8 amide bonds. The number of likely N-dealkylation sites (tertiary alicyclic amines) is 1. The third-order valence-corrected chi connectivity index (χ3v) is 13.7. The summed E-state index contributed by atoms with van der Waals surface area (Å²) in [7, 11) is 0.